The summed E-state index contributed by atoms with van der Waals surface area (Å²) in [5.41, 5.74) is 0.684. The van der Waals surface area contributed by atoms with Crippen LogP contribution in [0.15, 0.2) is 18.2 Å². The minimum Gasteiger partial charge on any atom is -0.207 e. The first-order valence-corrected chi connectivity index (χ1v) is 6.05. The molecule has 16 heavy (non-hydrogen) atoms. The molecule has 1 atom stereocenters. The fourth-order valence-corrected chi connectivity index (χ4v) is 2.16. The van der Waals surface area contributed by atoms with Crippen molar-refractivity contribution < 1.29 is 8.78 Å². The highest BCUT2D eigenvalue weighted by Crippen LogP contribution is 2.20. The lowest BCUT2D eigenvalue weighted by atomic mass is 9.92. The molecule has 0 aromatic heterocycles. The Labute approximate surface area is 101 Å². The number of hydrogen-bond donors (Lipinski definition) is 0. The van der Waals surface area contributed by atoms with Crippen LogP contribution in [0.2, 0.25) is 0 Å². The molecule has 3 heteroatoms. The van der Waals surface area contributed by atoms with Gasteiger partial charge in [-0.3, -0.25) is 0 Å². The molecule has 0 radical (unpaired) electrons. The predicted octanol–water partition coefficient (Wildman–Crippen LogP) is 4.41. The Morgan fingerprint density at radius 1 is 1.12 bits per heavy atom. The summed E-state index contributed by atoms with van der Waals surface area (Å²) in [5.74, 6) is 0.307. The summed E-state index contributed by atoms with van der Waals surface area (Å²) >= 11 is 5.85. The van der Waals surface area contributed by atoms with Gasteiger partial charge in [-0.25, -0.2) is 8.78 Å². The molecule has 0 saturated heterocycles. The third kappa shape index (κ3) is 4.48. The van der Waals surface area contributed by atoms with E-state index in [4.69, 9.17) is 11.6 Å². The monoisotopic (exact) mass is 246 g/mol. The standard InChI is InChI=1S/C13H17ClF2/c1-9(2)3-11(8-14)4-10-5-12(15)7-13(16)6-10/h5-7,9,11H,3-4,8H2,1-2H3. The Kier molecular flexibility index (Phi) is 5.20. The van der Waals surface area contributed by atoms with Crippen molar-refractivity contribution in [2.45, 2.75) is 26.7 Å². The van der Waals surface area contributed by atoms with Gasteiger partial charge in [0.1, 0.15) is 11.6 Å². The lowest BCUT2D eigenvalue weighted by Crippen LogP contribution is -2.10. The van der Waals surface area contributed by atoms with Crippen molar-refractivity contribution in [3.63, 3.8) is 0 Å². The van der Waals surface area contributed by atoms with E-state index in [1.807, 2.05) is 0 Å². The molecule has 0 aliphatic rings. The van der Waals surface area contributed by atoms with E-state index in [1.165, 1.54) is 12.1 Å². The van der Waals surface area contributed by atoms with Crippen LogP contribution in [0.4, 0.5) is 8.78 Å². The number of alkyl halides is 1. The zero-order valence-corrected chi connectivity index (χ0v) is 10.4. The second-order valence-electron chi connectivity index (χ2n) is 4.63. The van der Waals surface area contributed by atoms with Crippen LogP contribution in [-0.4, -0.2) is 5.88 Å². The molecule has 0 nitrogen and oxygen atoms in total. The number of halogens is 3. The second-order valence-corrected chi connectivity index (χ2v) is 4.94. The topological polar surface area (TPSA) is 0 Å². The maximum absolute atomic E-state index is 13.0. The molecule has 0 N–H and O–H groups in total. The lowest BCUT2D eigenvalue weighted by Gasteiger charge is -2.16. The summed E-state index contributed by atoms with van der Waals surface area (Å²) in [6.07, 6.45) is 1.61. The number of benzene rings is 1. The van der Waals surface area contributed by atoms with Gasteiger partial charge in [0.2, 0.25) is 0 Å². The summed E-state index contributed by atoms with van der Waals surface area (Å²) in [6.45, 7) is 4.23. The van der Waals surface area contributed by atoms with E-state index < -0.39 is 11.6 Å². The van der Waals surface area contributed by atoms with Crippen LogP contribution in [0.5, 0.6) is 0 Å². The molecule has 1 rings (SSSR count). The minimum atomic E-state index is -0.520. The molecule has 0 fully saturated rings. The first kappa shape index (κ1) is 13.4. The van der Waals surface area contributed by atoms with Crippen LogP contribution < -0.4 is 0 Å². The molecule has 0 spiro atoms. The Bertz CT molecular complexity index is 316. The third-order valence-electron chi connectivity index (χ3n) is 2.47. The third-order valence-corrected chi connectivity index (χ3v) is 2.91. The van der Waals surface area contributed by atoms with Crippen molar-refractivity contribution in [2.75, 3.05) is 5.88 Å². The molecular formula is C13H17ClF2. The van der Waals surface area contributed by atoms with E-state index in [2.05, 4.69) is 13.8 Å². The van der Waals surface area contributed by atoms with Gasteiger partial charge >= 0.3 is 0 Å². The van der Waals surface area contributed by atoms with Crippen LogP contribution in [0, 0.1) is 23.5 Å². The second kappa shape index (κ2) is 6.19. The highest BCUT2D eigenvalue weighted by molar-refractivity contribution is 6.18. The molecule has 1 aromatic rings. The summed E-state index contributed by atoms with van der Waals surface area (Å²) in [4.78, 5) is 0. The van der Waals surface area contributed by atoms with Gasteiger partial charge < -0.3 is 0 Å². The van der Waals surface area contributed by atoms with Gasteiger partial charge in [-0.05, 0) is 42.4 Å². The summed E-state index contributed by atoms with van der Waals surface area (Å²) < 4.78 is 25.9. The Balaban J connectivity index is 2.69. The van der Waals surface area contributed by atoms with Crippen LogP contribution in [0.3, 0.4) is 0 Å². The highest BCUT2D eigenvalue weighted by atomic mass is 35.5. The first-order valence-electron chi connectivity index (χ1n) is 5.52. The molecule has 0 aliphatic heterocycles. The van der Waals surface area contributed by atoms with Gasteiger partial charge in [0.15, 0.2) is 0 Å². The summed E-state index contributed by atoms with van der Waals surface area (Å²) in [6, 6.07) is 3.65. The van der Waals surface area contributed by atoms with E-state index in [1.54, 1.807) is 0 Å². The average molecular weight is 247 g/mol. The SMILES string of the molecule is CC(C)CC(CCl)Cc1cc(F)cc(F)c1. The molecular weight excluding hydrogens is 230 g/mol. The van der Waals surface area contributed by atoms with Gasteiger partial charge in [0.05, 0.1) is 0 Å². The van der Waals surface area contributed by atoms with Gasteiger partial charge in [-0.1, -0.05) is 13.8 Å². The molecule has 1 unspecified atom stereocenters. The van der Waals surface area contributed by atoms with Gasteiger partial charge in [-0.15, -0.1) is 11.6 Å². The van der Waals surface area contributed by atoms with E-state index in [0.717, 1.165) is 12.5 Å². The molecule has 0 heterocycles. The smallest absolute Gasteiger partial charge is 0.126 e. The zero-order valence-electron chi connectivity index (χ0n) is 9.64. The average Bonchev–Trinajstić information content (AvgIpc) is 2.14. The lowest BCUT2D eigenvalue weighted by molar-refractivity contribution is 0.439. The maximum atomic E-state index is 13.0. The van der Waals surface area contributed by atoms with Crippen molar-refractivity contribution >= 4 is 11.6 Å². The number of rotatable bonds is 5. The van der Waals surface area contributed by atoms with Crippen molar-refractivity contribution in [3.8, 4) is 0 Å². The van der Waals surface area contributed by atoms with E-state index >= 15 is 0 Å². The zero-order chi connectivity index (χ0) is 12.1. The first-order chi connectivity index (χ1) is 7.51. The van der Waals surface area contributed by atoms with Crippen molar-refractivity contribution in [2.24, 2.45) is 11.8 Å². The fourth-order valence-electron chi connectivity index (χ4n) is 1.93. The molecule has 90 valence electrons. The minimum absolute atomic E-state index is 0.280. The van der Waals surface area contributed by atoms with E-state index in [0.29, 0.717) is 23.8 Å². The van der Waals surface area contributed by atoms with Crippen molar-refractivity contribution in [1.82, 2.24) is 0 Å². The Hall–Kier alpha value is -0.630. The summed E-state index contributed by atoms with van der Waals surface area (Å²) in [5, 5.41) is 0. The van der Waals surface area contributed by atoms with E-state index in [9.17, 15) is 8.78 Å². The van der Waals surface area contributed by atoms with E-state index in [-0.39, 0.29) is 5.92 Å². The van der Waals surface area contributed by atoms with Crippen LogP contribution in [-0.2, 0) is 6.42 Å². The maximum Gasteiger partial charge on any atom is 0.126 e. The Morgan fingerprint density at radius 3 is 2.12 bits per heavy atom. The van der Waals surface area contributed by atoms with Gasteiger partial charge in [-0.2, -0.15) is 0 Å². The van der Waals surface area contributed by atoms with Crippen LogP contribution in [0.25, 0.3) is 0 Å². The molecule has 0 saturated carbocycles. The largest absolute Gasteiger partial charge is 0.207 e. The quantitative estimate of drug-likeness (QED) is 0.675. The molecule has 0 bridgehead atoms. The highest BCUT2D eigenvalue weighted by Gasteiger charge is 2.12. The Morgan fingerprint density at radius 2 is 1.69 bits per heavy atom. The van der Waals surface area contributed by atoms with Crippen LogP contribution in [0.1, 0.15) is 25.8 Å². The fraction of sp³-hybridized carbons (Fsp3) is 0.538. The van der Waals surface area contributed by atoms with Crippen LogP contribution >= 0.6 is 11.6 Å². The number of hydrogen-bond acceptors (Lipinski definition) is 0. The van der Waals surface area contributed by atoms with Crippen molar-refractivity contribution in [1.29, 1.82) is 0 Å². The molecule has 1 aromatic carbocycles. The summed E-state index contributed by atoms with van der Waals surface area (Å²) in [7, 11) is 0. The normalized spacial score (nSPS) is 13.1. The molecule has 0 aliphatic carbocycles. The van der Waals surface area contributed by atoms with Gasteiger partial charge in [0.25, 0.3) is 0 Å². The van der Waals surface area contributed by atoms with Crippen molar-refractivity contribution in [3.05, 3.63) is 35.4 Å². The molecule has 0 amide bonds. The predicted molar refractivity (Wildman–Crippen MR) is 63.7 cm³/mol. The van der Waals surface area contributed by atoms with Gasteiger partial charge in [0, 0.05) is 11.9 Å².